The number of sulfonamides is 1. The zero-order valence-corrected chi connectivity index (χ0v) is 22.5. The molecule has 0 atom stereocenters. The third kappa shape index (κ3) is 6.31. The molecule has 39 heavy (non-hydrogen) atoms. The summed E-state index contributed by atoms with van der Waals surface area (Å²) in [6.45, 7) is 2.69. The fourth-order valence-corrected chi connectivity index (χ4v) is 6.26. The molecule has 0 radical (unpaired) electrons. The van der Waals surface area contributed by atoms with Crippen molar-refractivity contribution in [2.24, 2.45) is 5.92 Å². The standard InChI is InChI=1S/C30H31N3O5S/c1-21-7-2-5-12-28(21)39(36,37)32-29(34)25-13-14-27-24(18-25)15-16-33(27)19-23-10-6-11-26(17-23)31-30(35)38-20-22-8-3-4-9-22/h2,5-7,10-18,22H,3-4,8-9,19-20H2,1H3,(H,31,35)(H,32,34). The second-order valence-corrected chi connectivity index (χ2v) is 11.6. The largest absolute Gasteiger partial charge is 0.449 e. The average Bonchev–Trinajstić information content (AvgIpc) is 3.57. The van der Waals surface area contributed by atoms with Gasteiger partial charge in [-0.3, -0.25) is 10.1 Å². The van der Waals surface area contributed by atoms with Crippen molar-refractivity contribution < 1.29 is 22.7 Å². The van der Waals surface area contributed by atoms with Gasteiger partial charge in [-0.1, -0.05) is 43.2 Å². The highest BCUT2D eigenvalue weighted by Gasteiger charge is 2.21. The smallest absolute Gasteiger partial charge is 0.411 e. The maximum Gasteiger partial charge on any atom is 0.411 e. The first-order valence-electron chi connectivity index (χ1n) is 13.0. The van der Waals surface area contributed by atoms with Crippen LogP contribution in [0, 0.1) is 12.8 Å². The molecule has 1 fully saturated rings. The number of nitrogens with zero attached hydrogens (tertiary/aromatic N) is 1. The molecule has 3 aromatic carbocycles. The van der Waals surface area contributed by atoms with E-state index < -0.39 is 22.0 Å². The Balaban J connectivity index is 1.25. The number of carbonyl (C=O) groups is 2. The zero-order chi connectivity index (χ0) is 27.4. The fraction of sp³-hybridized carbons (Fsp3) is 0.267. The van der Waals surface area contributed by atoms with E-state index in [0.717, 1.165) is 29.3 Å². The Morgan fingerprint density at radius 3 is 2.56 bits per heavy atom. The number of fused-ring (bicyclic) bond motifs is 1. The van der Waals surface area contributed by atoms with Crippen LogP contribution in [-0.2, 0) is 21.3 Å². The van der Waals surface area contributed by atoms with E-state index in [1.54, 1.807) is 43.3 Å². The van der Waals surface area contributed by atoms with Crippen molar-refractivity contribution in [3.05, 3.63) is 95.7 Å². The highest BCUT2D eigenvalue weighted by atomic mass is 32.2. The van der Waals surface area contributed by atoms with Crippen LogP contribution < -0.4 is 10.0 Å². The SMILES string of the molecule is Cc1ccccc1S(=O)(=O)NC(=O)c1ccc2c(ccn2Cc2cccc(NC(=O)OCC3CCCC3)c2)c1. The minimum absolute atomic E-state index is 0.0735. The normalized spacial score (nSPS) is 13.9. The van der Waals surface area contributed by atoms with Gasteiger partial charge in [0.1, 0.15) is 0 Å². The third-order valence-corrected chi connectivity index (χ3v) is 8.59. The first-order valence-corrected chi connectivity index (χ1v) is 14.5. The third-order valence-electron chi connectivity index (χ3n) is 7.09. The van der Waals surface area contributed by atoms with E-state index in [0.29, 0.717) is 30.3 Å². The topological polar surface area (TPSA) is 107 Å². The quantitative estimate of drug-likeness (QED) is 0.289. The number of hydrogen-bond acceptors (Lipinski definition) is 5. The molecule has 8 nitrogen and oxygen atoms in total. The van der Waals surface area contributed by atoms with Crippen LogP contribution in [0.15, 0.2) is 83.9 Å². The molecule has 4 aromatic rings. The second kappa shape index (κ2) is 11.3. The first-order chi connectivity index (χ1) is 18.8. The minimum Gasteiger partial charge on any atom is -0.449 e. The van der Waals surface area contributed by atoms with E-state index in [1.165, 1.54) is 18.9 Å². The lowest BCUT2D eigenvalue weighted by Gasteiger charge is -2.12. The molecule has 0 spiro atoms. The summed E-state index contributed by atoms with van der Waals surface area (Å²) in [5, 5.41) is 3.62. The Morgan fingerprint density at radius 1 is 0.974 bits per heavy atom. The van der Waals surface area contributed by atoms with E-state index in [4.69, 9.17) is 4.74 Å². The number of amides is 2. The van der Waals surface area contributed by atoms with E-state index in [9.17, 15) is 18.0 Å². The number of rotatable bonds is 8. The number of carbonyl (C=O) groups excluding carboxylic acids is 2. The summed E-state index contributed by atoms with van der Waals surface area (Å²) in [4.78, 5) is 25.1. The average molecular weight is 546 g/mol. The zero-order valence-electron chi connectivity index (χ0n) is 21.7. The number of aryl methyl sites for hydroxylation is 1. The van der Waals surface area contributed by atoms with Crippen molar-refractivity contribution in [3.63, 3.8) is 0 Å². The van der Waals surface area contributed by atoms with Gasteiger partial charge in [0.05, 0.1) is 11.5 Å². The highest BCUT2D eigenvalue weighted by Crippen LogP contribution is 2.25. The van der Waals surface area contributed by atoms with Crippen LogP contribution in [0.25, 0.3) is 10.9 Å². The monoisotopic (exact) mass is 545 g/mol. The lowest BCUT2D eigenvalue weighted by Crippen LogP contribution is -2.31. The van der Waals surface area contributed by atoms with Gasteiger partial charge in [0.2, 0.25) is 0 Å². The maximum absolute atomic E-state index is 12.8. The first kappa shape index (κ1) is 26.5. The Kier molecular flexibility index (Phi) is 7.70. The number of anilines is 1. The highest BCUT2D eigenvalue weighted by molar-refractivity contribution is 7.90. The molecular formula is C30H31N3O5S. The summed E-state index contributed by atoms with van der Waals surface area (Å²) in [7, 11) is -3.99. The number of benzene rings is 3. The summed E-state index contributed by atoms with van der Waals surface area (Å²) in [5.74, 6) is -0.223. The molecule has 1 aliphatic carbocycles. The molecule has 1 aliphatic rings. The molecule has 0 bridgehead atoms. The van der Waals surface area contributed by atoms with E-state index in [-0.39, 0.29) is 10.5 Å². The van der Waals surface area contributed by atoms with Gasteiger partial charge in [0, 0.05) is 34.9 Å². The van der Waals surface area contributed by atoms with E-state index in [1.807, 2.05) is 41.1 Å². The lowest BCUT2D eigenvalue weighted by molar-refractivity contribution is 0.0981. The van der Waals surface area contributed by atoms with Crippen molar-refractivity contribution in [2.45, 2.75) is 44.0 Å². The van der Waals surface area contributed by atoms with Crippen molar-refractivity contribution in [3.8, 4) is 0 Å². The van der Waals surface area contributed by atoms with Crippen molar-refractivity contribution in [1.82, 2.24) is 9.29 Å². The van der Waals surface area contributed by atoms with Crippen LogP contribution in [0.5, 0.6) is 0 Å². The van der Waals surface area contributed by atoms with Gasteiger partial charge in [-0.2, -0.15) is 0 Å². The van der Waals surface area contributed by atoms with E-state index >= 15 is 0 Å². The molecule has 2 amide bonds. The Bertz CT molecular complexity index is 1620. The summed E-state index contributed by atoms with van der Waals surface area (Å²) < 4.78 is 35.1. The van der Waals surface area contributed by atoms with Gasteiger partial charge in [0.25, 0.3) is 15.9 Å². The maximum atomic E-state index is 12.8. The van der Waals surface area contributed by atoms with Gasteiger partial charge in [-0.05, 0) is 79.3 Å². The molecule has 2 N–H and O–H groups in total. The number of aromatic nitrogens is 1. The molecule has 202 valence electrons. The minimum atomic E-state index is -3.99. The van der Waals surface area contributed by atoms with Crippen molar-refractivity contribution >= 4 is 38.6 Å². The van der Waals surface area contributed by atoms with Crippen LogP contribution in [0.4, 0.5) is 10.5 Å². The predicted molar refractivity (Wildman–Crippen MR) is 150 cm³/mol. The summed E-state index contributed by atoms with van der Waals surface area (Å²) in [6, 6.07) is 21.1. The Morgan fingerprint density at radius 2 is 1.77 bits per heavy atom. The van der Waals surface area contributed by atoms with Crippen LogP contribution in [0.2, 0.25) is 0 Å². The molecule has 5 rings (SSSR count). The van der Waals surface area contributed by atoms with E-state index in [2.05, 4.69) is 10.0 Å². The summed E-state index contributed by atoms with van der Waals surface area (Å²) >= 11 is 0. The van der Waals surface area contributed by atoms with Crippen LogP contribution in [0.1, 0.15) is 47.2 Å². The van der Waals surface area contributed by atoms with Crippen LogP contribution in [0.3, 0.4) is 0 Å². The van der Waals surface area contributed by atoms with Crippen molar-refractivity contribution in [1.29, 1.82) is 0 Å². The summed E-state index contributed by atoms with van der Waals surface area (Å²) in [5.41, 5.74) is 3.34. The van der Waals surface area contributed by atoms with Gasteiger partial charge >= 0.3 is 6.09 Å². The molecular weight excluding hydrogens is 514 g/mol. The number of hydrogen-bond donors (Lipinski definition) is 2. The number of nitrogens with one attached hydrogen (secondary N) is 2. The predicted octanol–water partition coefficient (Wildman–Crippen LogP) is 5.86. The van der Waals surface area contributed by atoms with Crippen LogP contribution >= 0.6 is 0 Å². The Hall–Kier alpha value is -4.11. The van der Waals surface area contributed by atoms with Gasteiger partial charge in [-0.15, -0.1) is 0 Å². The van der Waals surface area contributed by atoms with Gasteiger partial charge in [0.15, 0.2) is 0 Å². The molecule has 0 saturated heterocycles. The Labute approximate surface area is 228 Å². The molecule has 1 saturated carbocycles. The molecule has 9 heteroatoms. The van der Waals surface area contributed by atoms with Crippen LogP contribution in [-0.4, -0.2) is 31.6 Å². The van der Waals surface area contributed by atoms with Crippen molar-refractivity contribution in [2.75, 3.05) is 11.9 Å². The number of ether oxygens (including phenoxy) is 1. The lowest BCUT2D eigenvalue weighted by atomic mass is 10.1. The second-order valence-electron chi connectivity index (χ2n) is 9.99. The summed E-state index contributed by atoms with van der Waals surface area (Å²) in [6.07, 6.45) is 6.11. The molecule has 0 unspecified atom stereocenters. The molecule has 0 aliphatic heterocycles. The van der Waals surface area contributed by atoms with Gasteiger partial charge < -0.3 is 9.30 Å². The molecule has 1 heterocycles. The molecule has 1 aromatic heterocycles. The fourth-order valence-electron chi connectivity index (χ4n) is 5.04. The van der Waals surface area contributed by atoms with Gasteiger partial charge in [-0.25, -0.2) is 17.9 Å².